The summed E-state index contributed by atoms with van der Waals surface area (Å²) in [5, 5.41) is 3.44. The molecule has 0 spiro atoms. The van der Waals surface area contributed by atoms with Gasteiger partial charge < -0.3 is 15.2 Å². The Morgan fingerprint density at radius 2 is 2.06 bits per heavy atom. The van der Waals surface area contributed by atoms with Crippen LogP contribution in [0.3, 0.4) is 0 Å². The lowest BCUT2D eigenvalue weighted by molar-refractivity contribution is 1.11. The van der Waals surface area contributed by atoms with Crippen LogP contribution in [0.25, 0.3) is 0 Å². The number of rotatable bonds is 4. The van der Waals surface area contributed by atoms with E-state index in [9.17, 15) is 0 Å². The lowest BCUT2D eigenvalue weighted by Crippen LogP contribution is -2.09. The van der Waals surface area contributed by atoms with Gasteiger partial charge in [0.25, 0.3) is 0 Å². The van der Waals surface area contributed by atoms with Crippen molar-refractivity contribution >= 4 is 11.4 Å². The van der Waals surface area contributed by atoms with Gasteiger partial charge in [-0.05, 0) is 42.3 Å². The normalized spacial score (nSPS) is 10.3. The lowest BCUT2D eigenvalue weighted by atomic mass is 10.1. The van der Waals surface area contributed by atoms with E-state index < -0.39 is 0 Å². The van der Waals surface area contributed by atoms with E-state index in [4.69, 9.17) is 0 Å². The van der Waals surface area contributed by atoms with Crippen LogP contribution in [-0.2, 0) is 6.54 Å². The van der Waals surface area contributed by atoms with Gasteiger partial charge in [0.2, 0.25) is 0 Å². The first-order valence-corrected chi connectivity index (χ1v) is 5.80. The van der Waals surface area contributed by atoms with Crippen molar-refractivity contribution in [3.63, 3.8) is 0 Å². The van der Waals surface area contributed by atoms with E-state index in [1.54, 1.807) is 0 Å². The number of aromatic amines is 1. The zero-order valence-corrected chi connectivity index (χ0v) is 10.6. The highest BCUT2D eigenvalue weighted by Crippen LogP contribution is 2.21. The molecule has 1 aromatic carbocycles. The SMILES string of the molecule is Cc1cc(N(C)C)ccc1NCc1cc[nH]c1. The predicted molar refractivity (Wildman–Crippen MR) is 73.6 cm³/mol. The van der Waals surface area contributed by atoms with Gasteiger partial charge in [0.15, 0.2) is 0 Å². The second kappa shape index (κ2) is 4.95. The standard InChI is InChI=1S/C14H19N3/c1-11-8-13(17(2)3)4-5-14(11)16-10-12-6-7-15-9-12/h4-9,15-16H,10H2,1-3H3. The fraction of sp³-hybridized carbons (Fsp3) is 0.286. The summed E-state index contributed by atoms with van der Waals surface area (Å²) in [5.74, 6) is 0. The number of nitrogens with zero attached hydrogens (tertiary/aromatic N) is 1. The highest BCUT2D eigenvalue weighted by Gasteiger charge is 2.01. The van der Waals surface area contributed by atoms with E-state index >= 15 is 0 Å². The second-order valence-corrected chi connectivity index (χ2v) is 4.47. The summed E-state index contributed by atoms with van der Waals surface area (Å²) < 4.78 is 0. The Morgan fingerprint density at radius 3 is 2.65 bits per heavy atom. The third-order valence-corrected chi connectivity index (χ3v) is 2.87. The molecule has 0 fully saturated rings. The minimum atomic E-state index is 0.853. The molecule has 1 heterocycles. The summed E-state index contributed by atoms with van der Waals surface area (Å²) >= 11 is 0. The van der Waals surface area contributed by atoms with Crippen molar-refractivity contribution in [3.8, 4) is 0 Å². The number of aryl methyl sites for hydroxylation is 1. The van der Waals surface area contributed by atoms with Crippen LogP contribution >= 0.6 is 0 Å². The molecule has 0 aliphatic carbocycles. The van der Waals surface area contributed by atoms with Crippen LogP contribution in [0.4, 0.5) is 11.4 Å². The van der Waals surface area contributed by atoms with Gasteiger partial charge in [0.1, 0.15) is 0 Å². The first-order valence-electron chi connectivity index (χ1n) is 5.80. The van der Waals surface area contributed by atoms with Gasteiger partial charge in [-0.1, -0.05) is 0 Å². The van der Waals surface area contributed by atoms with E-state index in [1.807, 2.05) is 12.4 Å². The molecule has 0 amide bonds. The maximum atomic E-state index is 3.44. The average Bonchev–Trinajstić information content (AvgIpc) is 2.80. The topological polar surface area (TPSA) is 31.1 Å². The molecule has 0 aliphatic heterocycles. The molecule has 0 unspecified atom stereocenters. The van der Waals surface area contributed by atoms with Crippen LogP contribution in [0.5, 0.6) is 0 Å². The highest BCUT2D eigenvalue weighted by molar-refractivity contribution is 5.59. The summed E-state index contributed by atoms with van der Waals surface area (Å²) in [6, 6.07) is 8.54. The van der Waals surface area contributed by atoms with Crippen molar-refractivity contribution in [2.24, 2.45) is 0 Å². The number of hydrogen-bond donors (Lipinski definition) is 2. The molecular formula is C14H19N3. The number of H-pyrrole nitrogens is 1. The Labute approximate surface area is 102 Å². The minimum absolute atomic E-state index is 0.853. The van der Waals surface area contributed by atoms with E-state index in [2.05, 4.69) is 60.5 Å². The quantitative estimate of drug-likeness (QED) is 0.844. The van der Waals surface area contributed by atoms with Crippen molar-refractivity contribution in [3.05, 3.63) is 47.8 Å². The summed E-state index contributed by atoms with van der Waals surface area (Å²) in [4.78, 5) is 5.17. The minimum Gasteiger partial charge on any atom is -0.381 e. The lowest BCUT2D eigenvalue weighted by Gasteiger charge is -2.15. The van der Waals surface area contributed by atoms with Crippen molar-refractivity contribution in [2.75, 3.05) is 24.3 Å². The Balaban J connectivity index is 2.06. The second-order valence-electron chi connectivity index (χ2n) is 4.47. The monoisotopic (exact) mass is 229 g/mol. The summed E-state index contributed by atoms with van der Waals surface area (Å²) in [5.41, 5.74) is 4.96. The van der Waals surface area contributed by atoms with Gasteiger partial charge in [0.05, 0.1) is 0 Å². The largest absolute Gasteiger partial charge is 0.381 e. The molecule has 3 heteroatoms. The third-order valence-electron chi connectivity index (χ3n) is 2.87. The smallest absolute Gasteiger partial charge is 0.0415 e. The van der Waals surface area contributed by atoms with Crippen LogP contribution in [0.2, 0.25) is 0 Å². The van der Waals surface area contributed by atoms with Crippen LogP contribution < -0.4 is 10.2 Å². The number of anilines is 2. The van der Waals surface area contributed by atoms with E-state index in [0.29, 0.717) is 0 Å². The Kier molecular flexibility index (Phi) is 3.38. The molecule has 2 N–H and O–H groups in total. The summed E-state index contributed by atoms with van der Waals surface area (Å²) in [6.07, 6.45) is 3.95. The molecular weight excluding hydrogens is 210 g/mol. The molecule has 1 aromatic heterocycles. The average molecular weight is 229 g/mol. The van der Waals surface area contributed by atoms with E-state index in [-0.39, 0.29) is 0 Å². The summed E-state index contributed by atoms with van der Waals surface area (Å²) in [6.45, 7) is 2.98. The molecule has 0 atom stereocenters. The van der Waals surface area contributed by atoms with Gasteiger partial charge in [-0.15, -0.1) is 0 Å². The van der Waals surface area contributed by atoms with Crippen molar-refractivity contribution in [1.29, 1.82) is 0 Å². The molecule has 0 aliphatic rings. The van der Waals surface area contributed by atoms with E-state index in [0.717, 1.165) is 6.54 Å². The first kappa shape index (κ1) is 11.6. The van der Waals surface area contributed by atoms with Crippen molar-refractivity contribution < 1.29 is 0 Å². The maximum Gasteiger partial charge on any atom is 0.0415 e. The fourth-order valence-corrected chi connectivity index (χ4v) is 1.79. The van der Waals surface area contributed by atoms with Crippen molar-refractivity contribution in [2.45, 2.75) is 13.5 Å². The predicted octanol–water partition coefficient (Wildman–Crippen LogP) is 3.00. The van der Waals surface area contributed by atoms with Gasteiger partial charge in [-0.2, -0.15) is 0 Å². The number of aromatic nitrogens is 1. The van der Waals surface area contributed by atoms with Gasteiger partial charge >= 0.3 is 0 Å². The Bertz CT molecular complexity index is 472. The molecule has 0 radical (unpaired) electrons. The number of hydrogen-bond acceptors (Lipinski definition) is 2. The van der Waals surface area contributed by atoms with Crippen LogP contribution in [-0.4, -0.2) is 19.1 Å². The zero-order chi connectivity index (χ0) is 12.3. The molecule has 90 valence electrons. The zero-order valence-electron chi connectivity index (χ0n) is 10.6. The van der Waals surface area contributed by atoms with Gasteiger partial charge in [-0.25, -0.2) is 0 Å². The van der Waals surface area contributed by atoms with Gasteiger partial charge in [0, 0.05) is 44.4 Å². The van der Waals surface area contributed by atoms with Crippen LogP contribution in [0, 0.1) is 6.92 Å². The molecule has 17 heavy (non-hydrogen) atoms. The first-order chi connectivity index (χ1) is 8.16. The number of benzene rings is 1. The molecule has 2 rings (SSSR count). The van der Waals surface area contributed by atoms with Crippen molar-refractivity contribution in [1.82, 2.24) is 4.98 Å². The summed E-state index contributed by atoms with van der Waals surface area (Å²) in [7, 11) is 4.11. The Hall–Kier alpha value is -1.90. The molecule has 2 aromatic rings. The number of nitrogens with one attached hydrogen (secondary N) is 2. The van der Waals surface area contributed by atoms with Crippen LogP contribution in [0.1, 0.15) is 11.1 Å². The van der Waals surface area contributed by atoms with Gasteiger partial charge in [-0.3, -0.25) is 0 Å². The molecule has 0 saturated heterocycles. The fourth-order valence-electron chi connectivity index (χ4n) is 1.79. The maximum absolute atomic E-state index is 3.44. The third kappa shape index (κ3) is 2.81. The van der Waals surface area contributed by atoms with E-state index in [1.165, 1.54) is 22.5 Å². The molecule has 3 nitrogen and oxygen atoms in total. The molecule has 0 bridgehead atoms. The Morgan fingerprint density at radius 1 is 1.24 bits per heavy atom. The van der Waals surface area contributed by atoms with Crippen LogP contribution in [0.15, 0.2) is 36.7 Å². The molecule has 0 saturated carbocycles. The highest BCUT2D eigenvalue weighted by atomic mass is 15.1.